The van der Waals surface area contributed by atoms with Crippen LogP contribution in [0.25, 0.3) is 0 Å². The van der Waals surface area contributed by atoms with Crippen molar-refractivity contribution in [2.75, 3.05) is 22.4 Å². The zero-order valence-corrected chi connectivity index (χ0v) is 19.0. The summed E-state index contributed by atoms with van der Waals surface area (Å²) in [5.74, 6) is -0.998. The lowest BCUT2D eigenvalue weighted by Gasteiger charge is -2.25. The standard InChI is InChI=1S/C20H21ClN2O6S2/c1-14(24)15-2-6-18(7-3-15)23(31(28,29)19-8-4-16(21)5-9-19)12-20(25)22-17-10-11-30(26,27)13-17/h2-9,17H,10-13H2,1H3,(H,22,25)/t17-/m0/s1. The number of hydrogen-bond acceptors (Lipinski definition) is 6. The first-order chi connectivity index (χ1) is 14.5. The molecule has 2 aromatic rings. The summed E-state index contributed by atoms with van der Waals surface area (Å²) in [6.07, 6.45) is 0.283. The number of sulfonamides is 1. The van der Waals surface area contributed by atoms with Crippen LogP contribution in [0.4, 0.5) is 5.69 Å². The highest BCUT2D eigenvalue weighted by molar-refractivity contribution is 7.93. The van der Waals surface area contributed by atoms with Crippen LogP contribution in [0.1, 0.15) is 23.7 Å². The predicted octanol–water partition coefficient (Wildman–Crippen LogP) is 2.04. The SMILES string of the molecule is CC(=O)c1ccc(N(CC(=O)N[C@H]2CCS(=O)(=O)C2)S(=O)(=O)c2ccc(Cl)cc2)cc1. The van der Waals surface area contributed by atoms with Crippen LogP contribution in [-0.2, 0) is 24.7 Å². The lowest BCUT2D eigenvalue weighted by molar-refractivity contribution is -0.120. The van der Waals surface area contributed by atoms with Crippen LogP contribution < -0.4 is 9.62 Å². The Labute approximate surface area is 186 Å². The summed E-state index contributed by atoms with van der Waals surface area (Å²) < 4.78 is 50.7. The Morgan fingerprint density at radius 3 is 2.23 bits per heavy atom. The zero-order chi connectivity index (χ0) is 22.8. The van der Waals surface area contributed by atoms with Gasteiger partial charge in [-0.3, -0.25) is 13.9 Å². The van der Waals surface area contributed by atoms with Gasteiger partial charge in [-0.15, -0.1) is 0 Å². The van der Waals surface area contributed by atoms with Crippen molar-refractivity contribution in [3.63, 3.8) is 0 Å². The first kappa shape index (κ1) is 23.2. The smallest absolute Gasteiger partial charge is 0.264 e. The number of halogens is 1. The highest BCUT2D eigenvalue weighted by atomic mass is 35.5. The molecule has 11 heteroatoms. The summed E-state index contributed by atoms with van der Waals surface area (Å²) in [5.41, 5.74) is 0.586. The second kappa shape index (κ2) is 8.97. The number of ketones is 1. The molecule has 0 bridgehead atoms. The number of carbonyl (C=O) groups excluding carboxylic acids is 2. The van der Waals surface area contributed by atoms with Gasteiger partial charge in [0.15, 0.2) is 15.6 Å². The molecule has 0 aromatic heterocycles. The molecule has 0 radical (unpaired) electrons. The minimum atomic E-state index is -4.14. The van der Waals surface area contributed by atoms with Gasteiger partial charge in [-0.05, 0) is 61.9 Å². The van der Waals surface area contributed by atoms with Gasteiger partial charge in [-0.1, -0.05) is 11.6 Å². The molecule has 1 aliphatic rings. The first-order valence-electron chi connectivity index (χ1n) is 9.37. The van der Waals surface area contributed by atoms with Gasteiger partial charge in [-0.25, -0.2) is 16.8 Å². The Balaban J connectivity index is 1.91. The Kier molecular flexibility index (Phi) is 6.73. The molecule has 0 unspecified atom stereocenters. The van der Waals surface area contributed by atoms with E-state index in [1.807, 2.05) is 0 Å². The molecule has 1 amide bonds. The maximum absolute atomic E-state index is 13.3. The number of nitrogens with one attached hydrogen (secondary N) is 1. The lowest BCUT2D eigenvalue weighted by Crippen LogP contribution is -2.44. The average Bonchev–Trinajstić information content (AvgIpc) is 3.04. The van der Waals surface area contributed by atoms with E-state index in [4.69, 9.17) is 11.6 Å². The van der Waals surface area contributed by atoms with Crippen molar-refractivity contribution in [2.45, 2.75) is 24.3 Å². The van der Waals surface area contributed by atoms with Crippen molar-refractivity contribution in [3.05, 3.63) is 59.1 Å². The number of nitrogens with zero attached hydrogens (tertiary/aromatic N) is 1. The Hall–Kier alpha value is -2.43. The summed E-state index contributed by atoms with van der Waals surface area (Å²) >= 11 is 5.85. The quantitative estimate of drug-likeness (QED) is 0.601. The molecule has 1 aliphatic heterocycles. The number of benzene rings is 2. The van der Waals surface area contributed by atoms with Crippen molar-refractivity contribution in [1.29, 1.82) is 0 Å². The molecule has 1 fully saturated rings. The van der Waals surface area contributed by atoms with Crippen LogP contribution >= 0.6 is 11.6 Å². The third kappa shape index (κ3) is 5.63. The van der Waals surface area contributed by atoms with Crippen LogP contribution in [0.3, 0.4) is 0 Å². The maximum Gasteiger partial charge on any atom is 0.264 e. The highest BCUT2D eigenvalue weighted by Crippen LogP contribution is 2.25. The van der Waals surface area contributed by atoms with E-state index in [9.17, 15) is 26.4 Å². The molecule has 166 valence electrons. The molecule has 0 saturated carbocycles. The third-order valence-corrected chi connectivity index (χ3v) is 8.66. The summed E-state index contributed by atoms with van der Waals surface area (Å²) in [5, 5.41) is 2.96. The molecule has 3 rings (SSSR count). The third-order valence-electron chi connectivity index (χ3n) is 4.85. The number of carbonyl (C=O) groups is 2. The van der Waals surface area contributed by atoms with Crippen molar-refractivity contribution in [2.24, 2.45) is 0 Å². The average molecular weight is 485 g/mol. The fourth-order valence-electron chi connectivity index (χ4n) is 3.22. The first-order valence-corrected chi connectivity index (χ1v) is 13.0. The molecule has 2 aromatic carbocycles. The number of Topliss-reactive ketones (excluding diaryl/α,β-unsaturated/α-hetero) is 1. The van der Waals surface area contributed by atoms with Crippen molar-refractivity contribution < 1.29 is 26.4 Å². The van der Waals surface area contributed by atoms with Crippen molar-refractivity contribution >= 4 is 48.8 Å². The monoisotopic (exact) mass is 484 g/mol. The number of amides is 1. The van der Waals surface area contributed by atoms with Crippen LogP contribution in [0.15, 0.2) is 53.4 Å². The number of hydrogen-bond donors (Lipinski definition) is 1. The summed E-state index contributed by atoms with van der Waals surface area (Å²) in [7, 11) is -7.35. The second-order valence-electron chi connectivity index (χ2n) is 7.24. The number of anilines is 1. The van der Waals surface area contributed by atoms with Crippen LogP contribution in [0.2, 0.25) is 5.02 Å². The molecule has 31 heavy (non-hydrogen) atoms. The van der Waals surface area contributed by atoms with Crippen LogP contribution in [0, 0.1) is 0 Å². The van der Waals surface area contributed by atoms with Gasteiger partial charge in [0.05, 0.1) is 22.1 Å². The summed E-state index contributed by atoms with van der Waals surface area (Å²) in [4.78, 5) is 24.1. The van der Waals surface area contributed by atoms with E-state index < -0.39 is 38.4 Å². The van der Waals surface area contributed by atoms with Crippen LogP contribution in [-0.4, -0.2) is 52.6 Å². The normalized spacial score (nSPS) is 17.8. The fraction of sp³-hybridized carbons (Fsp3) is 0.300. The Morgan fingerprint density at radius 1 is 1.10 bits per heavy atom. The Morgan fingerprint density at radius 2 is 1.71 bits per heavy atom. The summed E-state index contributed by atoms with van der Waals surface area (Å²) in [6, 6.07) is 10.8. The lowest BCUT2D eigenvalue weighted by atomic mass is 10.1. The van der Waals surface area contributed by atoms with E-state index >= 15 is 0 Å². The zero-order valence-electron chi connectivity index (χ0n) is 16.6. The Bertz CT molecular complexity index is 1190. The molecule has 0 aliphatic carbocycles. The van der Waals surface area contributed by atoms with E-state index in [1.54, 1.807) is 0 Å². The number of rotatable bonds is 7. The molecule has 1 atom stereocenters. The molecule has 1 N–H and O–H groups in total. The highest BCUT2D eigenvalue weighted by Gasteiger charge is 2.31. The van der Waals surface area contributed by atoms with Crippen LogP contribution in [0.5, 0.6) is 0 Å². The van der Waals surface area contributed by atoms with Gasteiger partial charge < -0.3 is 5.32 Å². The maximum atomic E-state index is 13.3. The minimum absolute atomic E-state index is 0.0166. The van der Waals surface area contributed by atoms with Gasteiger partial charge in [-0.2, -0.15) is 0 Å². The van der Waals surface area contributed by atoms with Gasteiger partial charge in [0.2, 0.25) is 5.91 Å². The molecule has 1 saturated heterocycles. The van der Waals surface area contributed by atoms with E-state index in [0.717, 1.165) is 4.31 Å². The van der Waals surface area contributed by atoms with Crippen molar-refractivity contribution in [3.8, 4) is 0 Å². The molecular weight excluding hydrogens is 464 g/mol. The van der Waals surface area contributed by atoms with Gasteiger partial charge in [0, 0.05) is 16.6 Å². The molecular formula is C20H21ClN2O6S2. The van der Waals surface area contributed by atoms with E-state index in [-0.39, 0.29) is 34.3 Å². The van der Waals surface area contributed by atoms with Gasteiger partial charge in [0.25, 0.3) is 10.0 Å². The van der Waals surface area contributed by atoms with E-state index in [1.165, 1.54) is 55.5 Å². The van der Waals surface area contributed by atoms with E-state index in [0.29, 0.717) is 10.6 Å². The van der Waals surface area contributed by atoms with Gasteiger partial charge >= 0.3 is 0 Å². The van der Waals surface area contributed by atoms with Crippen molar-refractivity contribution in [1.82, 2.24) is 5.32 Å². The molecule has 0 spiro atoms. The van der Waals surface area contributed by atoms with E-state index in [2.05, 4.69) is 5.32 Å². The topological polar surface area (TPSA) is 118 Å². The number of sulfone groups is 1. The minimum Gasteiger partial charge on any atom is -0.351 e. The molecule has 1 heterocycles. The summed E-state index contributed by atoms with van der Waals surface area (Å²) in [6.45, 7) is 0.835. The largest absolute Gasteiger partial charge is 0.351 e. The predicted molar refractivity (Wildman–Crippen MR) is 118 cm³/mol. The fourth-order valence-corrected chi connectivity index (χ4v) is 6.44. The molecule has 8 nitrogen and oxygen atoms in total. The second-order valence-corrected chi connectivity index (χ2v) is 11.8. The van der Waals surface area contributed by atoms with Gasteiger partial charge in [0.1, 0.15) is 6.54 Å².